The number of anilines is 2. The molecule has 2 aromatic carbocycles. The SMILES string of the molecule is Nc1ccc(N2Cc3ccccc3C2)c(C(F)(F)F)c1. The van der Waals surface area contributed by atoms with Crippen molar-refractivity contribution in [3.8, 4) is 0 Å². The number of hydrogen-bond acceptors (Lipinski definition) is 2. The number of hydrogen-bond donors (Lipinski definition) is 1. The number of nitrogens with two attached hydrogens (primary N) is 1. The number of nitrogen functional groups attached to an aromatic ring is 1. The van der Waals surface area contributed by atoms with Gasteiger partial charge >= 0.3 is 6.18 Å². The molecule has 2 nitrogen and oxygen atoms in total. The van der Waals surface area contributed by atoms with Crippen LogP contribution in [-0.2, 0) is 19.3 Å². The van der Waals surface area contributed by atoms with Gasteiger partial charge < -0.3 is 10.6 Å². The van der Waals surface area contributed by atoms with Crippen LogP contribution in [0.4, 0.5) is 24.5 Å². The van der Waals surface area contributed by atoms with Crippen LogP contribution in [0.15, 0.2) is 42.5 Å². The third-order valence-corrected chi connectivity index (χ3v) is 3.51. The fourth-order valence-corrected chi connectivity index (χ4v) is 2.56. The van der Waals surface area contributed by atoms with E-state index in [-0.39, 0.29) is 11.4 Å². The lowest BCUT2D eigenvalue weighted by Crippen LogP contribution is -2.20. The molecule has 0 aromatic heterocycles. The lowest BCUT2D eigenvalue weighted by atomic mass is 10.1. The van der Waals surface area contributed by atoms with Crippen molar-refractivity contribution in [1.82, 2.24) is 0 Å². The molecule has 1 aliphatic rings. The second-order valence-corrected chi connectivity index (χ2v) is 4.90. The van der Waals surface area contributed by atoms with Crippen LogP contribution in [0, 0.1) is 0 Å². The molecule has 0 amide bonds. The summed E-state index contributed by atoms with van der Waals surface area (Å²) >= 11 is 0. The van der Waals surface area contributed by atoms with Gasteiger partial charge in [-0.05, 0) is 29.3 Å². The highest BCUT2D eigenvalue weighted by molar-refractivity contribution is 5.62. The summed E-state index contributed by atoms with van der Waals surface area (Å²) in [7, 11) is 0. The summed E-state index contributed by atoms with van der Waals surface area (Å²) < 4.78 is 39.4. The van der Waals surface area contributed by atoms with Crippen LogP contribution in [0.3, 0.4) is 0 Å². The summed E-state index contributed by atoms with van der Waals surface area (Å²) in [5.41, 5.74) is 7.25. The van der Waals surface area contributed by atoms with E-state index >= 15 is 0 Å². The van der Waals surface area contributed by atoms with Crippen molar-refractivity contribution in [3.63, 3.8) is 0 Å². The zero-order chi connectivity index (χ0) is 14.3. The topological polar surface area (TPSA) is 29.3 Å². The van der Waals surface area contributed by atoms with Gasteiger partial charge in [0.2, 0.25) is 0 Å². The Labute approximate surface area is 114 Å². The fraction of sp³-hybridized carbons (Fsp3) is 0.200. The molecule has 2 N–H and O–H groups in total. The van der Waals surface area contributed by atoms with E-state index in [1.165, 1.54) is 12.1 Å². The first-order valence-corrected chi connectivity index (χ1v) is 6.23. The molecule has 0 fully saturated rings. The number of alkyl halides is 3. The van der Waals surface area contributed by atoms with Gasteiger partial charge in [-0.15, -0.1) is 0 Å². The molecular formula is C15H13F3N2. The molecule has 0 radical (unpaired) electrons. The molecule has 2 aromatic rings. The maximum Gasteiger partial charge on any atom is 0.418 e. The van der Waals surface area contributed by atoms with Crippen LogP contribution in [0.1, 0.15) is 16.7 Å². The van der Waals surface area contributed by atoms with Crippen LogP contribution >= 0.6 is 0 Å². The van der Waals surface area contributed by atoms with Crippen molar-refractivity contribution in [2.45, 2.75) is 19.3 Å². The van der Waals surface area contributed by atoms with Gasteiger partial charge in [0.05, 0.1) is 5.56 Å². The Morgan fingerprint density at radius 2 is 1.55 bits per heavy atom. The maximum absolute atomic E-state index is 13.1. The highest BCUT2D eigenvalue weighted by atomic mass is 19.4. The van der Waals surface area contributed by atoms with E-state index in [2.05, 4.69) is 0 Å². The minimum Gasteiger partial charge on any atom is -0.399 e. The summed E-state index contributed by atoms with van der Waals surface area (Å²) in [4.78, 5) is 1.73. The van der Waals surface area contributed by atoms with Crippen molar-refractivity contribution in [3.05, 3.63) is 59.2 Å². The Bertz CT molecular complexity index is 625. The van der Waals surface area contributed by atoms with E-state index in [0.29, 0.717) is 13.1 Å². The molecule has 0 spiro atoms. The number of nitrogens with zero attached hydrogens (tertiary/aromatic N) is 1. The van der Waals surface area contributed by atoms with Crippen molar-refractivity contribution in [2.24, 2.45) is 0 Å². The second-order valence-electron chi connectivity index (χ2n) is 4.90. The van der Waals surface area contributed by atoms with E-state index in [9.17, 15) is 13.2 Å². The highest BCUT2D eigenvalue weighted by Crippen LogP contribution is 2.40. The first-order chi connectivity index (χ1) is 9.45. The summed E-state index contributed by atoms with van der Waals surface area (Å²) in [6.45, 7) is 0.979. The molecule has 0 bridgehead atoms. The monoisotopic (exact) mass is 278 g/mol. The van der Waals surface area contributed by atoms with Crippen molar-refractivity contribution < 1.29 is 13.2 Å². The van der Waals surface area contributed by atoms with Crippen LogP contribution in [0.5, 0.6) is 0 Å². The minimum atomic E-state index is -4.40. The molecule has 5 heteroatoms. The summed E-state index contributed by atoms with van der Waals surface area (Å²) in [5.74, 6) is 0. The Morgan fingerprint density at radius 3 is 2.10 bits per heavy atom. The van der Waals surface area contributed by atoms with Gasteiger partial charge in [-0.2, -0.15) is 13.2 Å². The molecule has 0 saturated carbocycles. The van der Waals surface area contributed by atoms with Crippen LogP contribution in [0.25, 0.3) is 0 Å². The zero-order valence-corrected chi connectivity index (χ0v) is 10.6. The third kappa shape index (κ3) is 2.19. The predicted molar refractivity (Wildman–Crippen MR) is 72.2 cm³/mol. The Balaban J connectivity index is 2.01. The molecule has 0 saturated heterocycles. The molecular weight excluding hydrogens is 265 g/mol. The van der Waals surface area contributed by atoms with Gasteiger partial charge in [0.25, 0.3) is 0 Å². The standard InChI is InChI=1S/C15H13F3N2/c16-15(17,18)13-7-12(19)5-6-14(13)20-8-10-3-1-2-4-11(10)9-20/h1-7H,8-9,19H2. The van der Waals surface area contributed by atoms with Crippen LogP contribution in [0.2, 0.25) is 0 Å². The second kappa shape index (κ2) is 4.44. The van der Waals surface area contributed by atoms with Crippen molar-refractivity contribution >= 4 is 11.4 Å². The molecule has 20 heavy (non-hydrogen) atoms. The minimum absolute atomic E-state index is 0.123. The Kier molecular flexibility index (Phi) is 2.85. The third-order valence-electron chi connectivity index (χ3n) is 3.51. The predicted octanol–water partition coefficient (Wildman–Crippen LogP) is 3.81. The van der Waals surface area contributed by atoms with Gasteiger partial charge in [-0.3, -0.25) is 0 Å². The highest BCUT2D eigenvalue weighted by Gasteiger charge is 2.36. The molecule has 1 aliphatic heterocycles. The summed E-state index contributed by atoms with van der Waals surface area (Å²) in [5, 5.41) is 0. The number of rotatable bonds is 1. The molecule has 0 unspecified atom stereocenters. The number of benzene rings is 2. The largest absolute Gasteiger partial charge is 0.418 e. The first-order valence-electron chi connectivity index (χ1n) is 6.23. The average molecular weight is 278 g/mol. The number of halogens is 3. The van der Waals surface area contributed by atoms with Crippen molar-refractivity contribution in [1.29, 1.82) is 0 Å². The Morgan fingerprint density at radius 1 is 0.950 bits per heavy atom. The van der Waals surface area contributed by atoms with Crippen molar-refractivity contribution in [2.75, 3.05) is 10.6 Å². The molecule has 1 heterocycles. The number of fused-ring (bicyclic) bond motifs is 1. The van der Waals surface area contributed by atoms with Gasteiger partial charge in [0.15, 0.2) is 0 Å². The molecule has 3 rings (SSSR count). The van der Waals surface area contributed by atoms with Crippen LogP contribution < -0.4 is 10.6 Å². The van der Waals surface area contributed by atoms with Crippen LogP contribution in [-0.4, -0.2) is 0 Å². The van der Waals surface area contributed by atoms with E-state index in [4.69, 9.17) is 5.73 Å². The van der Waals surface area contributed by atoms with E-state index < -0.39 is 11.7 Å². The van der Waals surface area contributed by atoms with E-state index in [0.717, 1.165) is 17.2 Å². The smallest absolute Gasteiger partial charge is 0.399 e. The zero-order valence-electron chi connectivity index (χ0n) is 10.6. The quantitative estimate of drug-likeness (QED) is 0.804. The van der Waals surface area contributed by atoms with Gasteiger partial charge in [-0.1, -0.05) is 24.3 Å². The summed E-state index contributed by atoms with van der Waals surface area (Å²) in [6, 6.07) is 11.6. The Hall–Kier alpha value is -2.17. The van der Waals surface area contributed by atoms with E-state index in [1.54, 1.807) is 4.90 Å². The maximum atomic E-state index is 13.1. The van der Waals surface area contributed by atoms with Gasteiger partial charge in [0.1, 0.15) is 0 Å². The lowest BCUT2D eigenvalue weighted by molar-refractivity contribution is -0.137. The molecule has 104 valence electrons. The molecule has 0 aliphatic carbocycles. The normalized spacial score (nSPS) is 14.4. The molecule has 0 atom stereocenters. The average Bonchev–Trinajstić information content (AvgIpc) is 2.81. The van der Waals surface area contributed by atoms with Gasteiger partial charge in [0, 0.05) is 24.5 Å². The summed E-state index contributed by atoms with van der Waals surface area (Å²) in [6.07, 6.45) is -4.40. The fourth-order valence-electron chi connectivity index (χ4n) is 2.56. The lowest BCUT2D eigenvalue weighted by Gasteiger charge is -2.23. The van der Waals surface area contributed by atoms with E-state index in [1.807, 2.05) is 24.3 Å². The first kappa shape index (κ1) is 12.8. The van der Waals surface area contributed by atoms with Gasteiger partial charge in [-0.25, -0.2) is 0 Å².